The van der Waals surface area contributed by atoms with E-state index in [4.69, 9.17) is 4.74 Å². The molecule has 1 atom stereocenters. The van der Waals surface area contributed by atoms with Crippen molar-refractivity contribution in [1.29, 1.82) is 0 Å². The van der Waals surface area contributed by atoms with Crippen LogP contribution in [-0.4, -0.2) is 18.0 Å². The van der Waals surface area contributed by atoms with Crippen molar-refractivity contribution in [2.24, 2.45) is 0 Å². The van der Waals surface area contributed by atoms with Gasteiger partial charge in [-0.2, -0.15) is 0 Å². The average molecular weight is 418 g/mol. The number of halogens is 1. The standard InChI is InChI=1S/C24H19FN2O2S/c1-29-19-12-8-17(9-13-19)24(16-6-10-18(25)11-7-16)27-22(28)14-15-23-26-20-4-2-3-5-21(20)30-23/h2-15,24H,1H3,(H,27,28)/b15-14+. The van der Waals surface area contributed by atoms with E-state index in [0.717, 1.165) is 32.1 Å². The fraction of sp³-hybridized carbons (Fsp3) is 0.0833. The predicted octanol–water partition coefficient (Wildman–Crippen LogP) is 5.36. The lowest BCUT2D eigenvalue weighted by atomic mass is 9.98. The summed E-state index contributed by atoms with van der Waals surface area (Å²) in [4.78, 5) is 17.2. The van der Waals surface area contributed by atoms with Crippen LogP contribution in [-0.2, 0) is 4.79 Å². The van der Waals surface area contributed by atoms with E-state index in [1.54, 1.807) is 25.3 Å². The first-order valence-corrected chi connectivity index (χ1v) is 10.2. The van der Waals surface area contributed by atoms with Crippen molar-refractivity contribution in [3.05, 3.63) is 101 Å². The van der Waals surface area contributed by atoms with E-state index >= 15 is 0 Å². The van der Waals surface area contributed by atoms with E-state index in [2.05, 4.69) is 10.3 Å². The van der Waals surface area contributed by atoms with Crippen LogP contribution in [0.5, 0.6) is 5.75 Å². The molecule has 0 fully saturated rings. The molecule has 30 heavy (non-hydrogen) atoms. The minimum atomic E-state index is -0.427. The van der Waals surface area contributed by atoms with E-state index in [1.165, 1.54) is 29.5 Å². The number of amides is 1. The number of benzene rings is 3. The zero-order valence-corrected chi connectivity index (χ0v) is 17.0. The molecule has 0 saturated carbocycles. The Labute approximate surface area is 177 Å². The second-order valence-electron chi connectivity index (χ2n) is 6.62. The molecule has 4 nitrogen and oxygen atoms in total. The van der Waals surface area contributed by atoms with Gasteiger partial charge in [0.05, 0.1) is 23.4 Å². The molecule has 1 unspecified atom stereocenters. The maximum Gasteiger partial charge on any atom is 0.244 e. The summed E-state index contributed by atoms with van der Waals surface area (Å²) in [5.74, 6) is 0.132. The number of nitrogens with zero attached hydrogens (tertiary/aromatic N) is 1. The molecule has 0 aliphatic carbocycles. The van der Waals surface area contributed by atoms with Gasteiger partial charge in [0.2, 0.25) is 5.91 Å². The van der Waals surface area contributed by atoms with Gasteiger partial charge in [0.25, 0.3) is 0 Å². The Hall–Kier alpha value is -3.51. The number of fused-ring (bicyclic) bond motifs is 1. The van der Waals surface area contributed by atoms with Gasteiger partial charge in [0, 0.05) is 6.08 Å². The smallest absolute Gasteiger partial charge is 0.244 e. The number of thiazole rings is 1. The third-order valence-corrected chi connectivity index (χ3v) is 5.63. The van der Waals surface area contributed by atoms with Gasteiger partial charge in [-0.05, 0) is 53.6 Å². The Morgan fingerprint density at radius 1 is 1.03 bits per heavy atom. The third-order valence-electron chi connectivity index (χ3n) is 4.63. The van der Waals surface area contributed by atoms with Gasteiger partial charge < -0.3 is 10.1 Å². The van der Waals surface area contributed by atoms with Crippen LogP contribution >= 0.6 is 11.3 Å². The third kappa shape index (κ3) is 4.55. The Morgan fingerprint density at radius 2 is 1.70 bits per heavy atom. The van der Waals surface area contributed by atoms with E-state index in [-0.39, 0.29) is 11.7 Å². The molecule has 0 aliphatic heterocycles. The number of carbonyl (C=O) groups is 1. The number of para-hydroxylation sites is 1. The van der Waals surface area contributed by atoms with Crippen LogP contribution < -0.4 is 10.1 Å². The van der Waals surface area contributed by atoms with Gasteiger partial charge in [-0.1, -0.05) is 36.4 Å². The van der Waals surface area contributed by atoms with Crippen molar-refractivity contribution >= 4 is 33.5 Å². The first-order valence-electron chi connectivity index (χ1n) is 9.36. The van der Waals surface area contributed by atoms with Crippen molar-refractivity contribution in [2.75, 3.05) is 7.11 Å². The molecule has 0 saturated heterocycles. The van der Waals surface area contributed by atoms with Gasteiger partial charge in [-0.3, -0.25) is 4.79 Å². The Balaban J connectivity index is 1.56. The molecule has 4 rings (SSSR count). The van der Waals surface area contributed by atoms with Gasteiger partial charge in [0.1, 0.15) is 16.6 Å². The molecule has 1 amide bonds. The minimum Gasteiger partial charge on any atom is -0.497 e. The molecule has 0 aliphatic rings. The summed E-state index contributed by atoms with van der Waals surface area (Å²) in [7, 11) is 1.60. The van der Waals surface area contributed by atoms with Crippen molar-refractivity contribution in [3.63, 3.8) is 0 Å². The molecule has 0 spiro atoms. The molecule has 1 N–H and O–H groups in total. The maximum absolute atomic E-state index is 13.4. The highest BCUT2D eigenvalue weighted by atomic mass is 32.1. The molecule has 1 heterocycles. The highest BCUT2D eigenvalue weighted by Crippen LogP contribution is 2.25. The number of nitrogens with one attached hydrogen (secondary N) is 1. The fourth-order valence-corrected chi connectivity index (χ4v) is 3.98. The summed E-state index contributed by atoms with van der Waals surface area (Å²) in [5, 5.41) is 3.76. The quantitative estimate of drug-likeness (QED) is 0.429. The lowest BCUT2D eigenvalue weighted by molar-refractivity contribution is -0.116. The molecule has 0 bridgehead atoms. The molecular formula is C24H19FN2O2S. The summed E-state index contributed by atoms with van der Waals surface area (Å²) in [6.07, 6.45) is 3.17. The number of hydrogen-bond acceptors (Lipinski definition) is 4. The van der Waals surface area contributed by atoms with E-state index in [9.17, 15) is 9.18 Å². The predicted molar refractivity (Wildman–Crippen MR) is 118 cm³/mol. The van der Waals surface area contributed by atoms with E-state index in [1.807, 2.05) is 48.5 Å². The molecule has 6 heteroatoms. The average Bonchev–Trinajstić information content (AvgIpc) is 3.20. The normalized spacial score (nSPS) is 12.2. The van der Waals surface area contributed by atoms with Gasteiger partial charge >= 0.3 is 0 Å². The summed E-state index contributed by atoms with van der Waals surface area (Å²) < 4.78 is 19.7. The molecule has 0 radical (unpaired) electrons. The summed E-state index contributed by atoms with van der Waals surface area (Å²) in [6, 6.07) is 20.9. The zero-order chi connectivity index (χ0) is 20.9. The zero-order valence-electron chi connectivity index (χ0n) is 16.2. The minimum absolute atomic E-state index is 0.264. The Kier molecular flexibility index (Phi) is 5.86. The van der Waals surface area contributed by atoms with Crippen LogP contribution in [0.25, 0.3) is 16.3 Å². The van der Waals surface area contributed by atoms with E-state index < -0.39 is 6.04 Å². The van der Waals surface area contributed by atoms with Crippen LogP contribution in [0.3, 0.4) is 0 Å². The molecule has 150 valence electrons. The van der Waals surface area contributed by atoms with Crippen LogP contribution in [0, 0.1) is 5.82 Å². The van der Waals surface area contributed by atoms with Crippen molar-refractivity contribution in [3.8, 4) is 5.75 Å². The van der Waals surface area contributed by atoms with Crippen molar-refractivity contribution < 1.29 is 13.9 Å². The number of ether oxygens (including phenoxy) is 1. The second-order valence-corrected chi connectivity index (χ2v) is 7.68. The van der Waals surface area contributed by atoms with Crippen LogP contribution in [0.4, 0.5) is 4.39 Å². The number of aromatic nitrogens is 1. The van der Waals surface area contributed by atoms with Gasteiger partial charge in [-0.15, -0.1) is 11.3 Å². The first kappa shape index (κ1) is 19.8. The lowest BCUT2D eigenvalue weighted by Crippen LogP contribution is -2.27. The van der Waals surface area contributed by atoms with Crippen LogP contribution in [0.1, 0.15) is 22.2 Å². The Morgan fingerprint density at radius 3 is 2.37 bits per heavy atom. The van der Waals surface area contributed by atoms with Crippen LogP contribution in [0.15, 0.2) is 78.9 Å². The van der Waals surface area contributed by atoms with Crippen molar-refractivity contribution in [2.45, 2.75) is 6.04 Å². The highest BCUT2D eigenvalue weighted by Gasteiger charge is 2.16. The van der Waals surface area contributed by atoms with Crippen molar-refractivity contribution in [1.82, 2.24) is 10.3 Å². The lowest BCUT2D eigenvalue weighted by Gasteiger charge is -2.19. The van der Waals surface area contributed by atoms with E-state index in [0.29, 0.717) is 0 Å². The maximum atomic E-state index is 13.4. The Bertz CT molecular complexity index is 1150. The largest absolute Gasteiger partial charge is 0.497 e. The van der Waals surface area contributed by atoms with Gasteiger partial charge in [0.15, 0.2) is 0 Å². The fourth-order valence-electron chi connectivity index (χ4n) is 3.11. The highest BCUT2D eigenvalue weighted by molar-refractivity contribution is 7.19. The summed E-state index contributed by atoms with van der Waals surface area (Å²) in [6.45, 7) is 0. The molecule has 1 aromatic heterocycles. The molecular weight excluding hydrogens is 399 g/mol. The summed E-state index contributed by atoms with van der Waals surface area (Å²) in [5.41, 5.74) is 2.55. The summed E-state index contributed by atoms with van der Waals surface area (Å²) >= 11 is 1.52. The topological polar surface area (TPSA) is 51.2 Å². The SMILES string of the molecule is COc1ccc(C(NC(=O)/C=C/c2nc3ccccc3s2)c2ccc(F)cc2)cc1. The number of carbonyl (C=O) groups excluding carboxylic acids is 1. The second kappa shape index (κ2) is 8.88. The number of hydrogen-bond donors (Lipinski definition) is 1. The van der Waals surface area contributed by atoms with Crippen LogP contribution in [0.2, 0.25) is 0 Å². The monoisotopic (exact) mass is 418 g/mol. The number of methoxy groups -OCH3 is 1. The van der Waals surface area contributed by atoms with Gasteiger partial charge in [-0.25, -0.2) is 9.37 Å². The molecule has 4 aromatic rings. The number of rotatable bonds is 6. The molecule has 3 aromatic carbocycles. The first-order chi connectivity index (χ1) is 14.6.